The van der Waals surface area contributed by atoms with Crippen molar-refractivity contribution in [2.75, 3.05) is 13.7 Å². The van der Waals surface area contributed by atoms with Crippen LogP contribution < -0.4 is 4.74 Å². The molecule has 0 saturated heterocycles. The fourth-order valence-corrected chi connectivity index (χ4v) is 2.24. The number of fused-ring (bicyclic) bond motifs is 1. The first kappa shape index (κ1) is 14.1. The topological polar surface area (TPSA) is 49.7 Å². The number of nitrogens with one attached hydrogen (secondary N) is 1. The lowest BCUT2D eigenvalue weighted by Crippen LogP contribution is -1.88. The van der Waals surface area contributed by atoms with E-state index in [0.29, 0.717) is 6.54 Å². The fourth-order valence-electron chi connectivity index (χ4n) is 2.24. The second-order valence-corrected chi connectivity index (χ2v) is 4.92. The molecular formula is C18H17N3O. The number of methoxy groups -OCH3 is 1. The molecule has 1 aromatic heterocycles. The highest BCUT2D eigenvalue weighted by atomic mass is 16.5. The number of aromatic amines is 1. The summed E-state index contributed by atoms with van der Waals surface area (Å²) in [6.07, 6.45) is 0.847. The molecule has 0 aliphatic rings. The van der Waals surface area contributed by atoms with E-state index in [4.69, 9.17) is 4.74 Å². The van der Waals surface area contributed by atoms with Crippen molar-refractivity contribution in [1.82, 2.24) is 4.98 Å². The minimum Gasteiger partial charge on any atom is -0.497 e. The Balaban J connectivity index is 1.58. The van der Waals surface area contributed by atoms with Crippen LogP contribution in [-0.2, 0) is 6.42 Å². The second-order valence-electron chi connectivity index (χ2n) is 4.92. The third kappa shape index (κ3) is 3.43. The average molecular weight is 291 g/mol. The molecule has 3 rings (SSSR count). The van der Waals surface area contributed by atoms with Gasteiger partial charge in [-0.25, -0.2) is 4.99 Å². The number of aromatic nitrogens is 1. The van der Waals surface area contributed by atoms with E-state index in [9.17, 15) is 0 Å². The summed E-state index contributed by atoms with van der Waals surface area (Å²) in [6, 6.07) is 20.6. The lowest BCUT2D eigenvalue weighted by atomic mass is 10.2. The zero-order valence-corrected chi connectivity index (χ0v) is 12.4. The first-order valence-corrected chi connectivity index (χ1v) is 7.18. The zero-order valence-electron chi connectivity index (χ0n) is 12.4. The SMILES string of the molecule is COc1ccc(N=C=NCCc2cc3ccccc3[nH]2)cc1. The van der Waals surface area contributed by atoms with Crippen LogP contribution in [0.3, 0.4) is 0 Å². The Kier molecular flexibility index (Phi) is 4.33. The van der Waals surface area contributed by atoms with E-state index in [1.165, 1.54) is 11.1 Å². The van der Waals surface area contributed by atoms with Gasteiger partial charge in [0, 0.05) is 17.6 Å². The highest BCUT2D eigenvalue weighted by Crippen LogP contribution is 2.17. The zero-order chi connectivity index (χ0) is 15.2. The van der Waals surface area contributed by atoms with Crippen molar-refractivity contribution in [1.29, 1.82) is 0 Å². The molecule has 0 spiro atoms. The molecule has 110 valence electrons. The van der Waals surface area contributed by atoms with Gasteiger partial charge in [-0.3, -0.25) is 0 Å². The number of para-hydroxylation sites is 1. The Morgan fingerprint density at radius 3 is 2.68 bits per heavy atom. The maximum Gasteiger partial charge on any atom is 0.119 e. The number of hydrogen-bond donors (Lipinski definition) is 1. The molecular weight excluding hydrogens is 274 g/mol. The monoisotopic (exact) mass is 291 g/mol. The Hall–Kier alpha value is -2.84. The highest BCUT2D eigenvalue weighted by molar-refractivity contribution is 5.80. The Labute approximate surface area is 129 Å². The summed E-state index contributed by atoms with van der Waals surface area (Å²) in [7, 11) is 1.64. The van der Waals surface area contributed by atoms with E-state index in [1.807, 2.05) is 36.4 Å². The van der Waals surface area contributed by atoms with E-state index in [-0.39, 0.29) is 0 Å². The number of hydrogen-bond acceptors (Lipinski definition) is 3. The van der Waals surface area contributed by atoms with Crippen LogP contribution in [-0.4, -0.2) is 24.6 Å². The van der Waals surface area contributed by atoms with Gasteiger partial charge in [-0.2, -0.15) is 4.99 Å². The number of H-pyrrole nitrogens is 1. The molecule has 0 amide bonds. The van der Waals surface area contributed by atoms with Gasteiger partial charge >= 0.3 is 0 Å². The molecule has 0 fully saturated rings. The lowest BCUT2D eigenvalue weighted by molar-refractivity contribution is 0.415. The summed E-state index contributed by atoms with van der Waals surface area (Å²) in [5, 5.41) is 1.23. The Morgan fingerprint density at radius 1 is 1.09 bits per heavy atom. The molecule has 22 heavy (non-hydrogen) atoms. The van der Waals surface area contributed by atoms with Gasteiger partial charge in [0.25, 0.3) is 0 Å². The van der Waals surface area contributed by atoms with E-state index in [0.717, 1.165) is 23.4 Å². The molecule has 0 unspecified atom stereocenters. The summed E-state index contributed by atoms with van der Waals surface area (Å²) >= 11 is 0. The number of nitrogens with zero attached hydrogens (tertiary/aromatic N) is 2. The van der Waals surface area contributed by atoms with Gasteiger partial charge in [0.1, 0.15) is 5.75 Å². The van der Waals surface area contributed by atoms with Gasteiger partial charge in [-0.15, -0.1) is 0 Å². The van der Waals surface area contributed by atoms with Crippen molar-refractivity contribution in [2.45, 2.75) is 6.42 Å². The smallest absolute Gasteiger partial charge is 0.119 e. The predicted molar refractivity (Wildman–Crippen MR) is 89.4 cm³/mol. The van der Waals surface area contributed by atoms with Crippen LogP contribution >= 0.6 is 0 Å². The molecule has 4 heteroatoms. The van der Waals surface area contributed by atoms with E-state index in [2.05, 4.69) is 39.2 Å². The van der Waals surface area contributed by atoms with E-state index >= 15 is 0 Å². The summed E-state index contributed by atoms with van der Waals surface area (Å²) in [5.41, 5.74) is 3.15. The largest absolute Gasteiger partial charge is 0.497 e. The van der Waals surface area contributed by atoms with Gasteiger partial charge in [0.15, 0.2) is 0 Å². The third-order valence-corrected chi connectivity index (χ3v) is 3.40. The summed E-state index contributed by atoms with van der Waals surface area (Å²) in [6.45, 7) is 0.659. The van der Waals surface area contributed by atoms with E-state index < -0.39 is 0 Å². The molecule has 1 heterocycles. The molecule has 3 aromatic rings. The van der Waals surface area contributed by atoms with Gasteiger partial charge in [0.05, 0.1) is 25.4 Å². The molecule has 0 radical (unpaired) electrons. The van der Waals surface area contributed by atoms with Crippen LogP contribution in [0.2, 0.25) is 0 Å². The molecule has 4 nitrogen and oxygen atoms in total. The minimum absolute atomic E-state index is 0.659. The first-order valence-electron chi connectivity index (χ1n) is 7.18. The van der Waals surface area contributed by atoms with Crippen molar-refractivity contribution in [3.63, 3.8) is 0 Å². The fraction of sp³-hybridized carbons (Fsp3) is 0.167. The van der Waals surface area contributed by atoms with E-state index in [1.54, 1.807) is 7.11 Å². The lowest BCUT2D eigenvalue weighted by Gasteiger charge is -1.97. The highest BCUT2D eigenvalue weighted by Gasteiger charge is 1.98. The van der Waals surface area contributed by atoms with Crippen molar-refractivity contribution < 1.29 is 4.74 Å². The third-order valence-electron chi connectivity index (χ3n) is 3.40. The Morgan fingerprint density at radius 2 is 1.91 bits per heavy atom. The van der Waals surface area contributed by atoms with Crippen LogP contribution in [0, 0.1) is 0 Å². The normalized spacial score (nSPS) is 10.2. The Bertz CT molecular complexity index is 779. The van der Waals surface area contributed by atoms with Gasteiger partial charge in [-0.1, -0.05) is 18.2 Å². The molecule has 0 bridgehead atoms. The molecule has 0 atom stereocenters. The predicted octanol–water partition coefficient (Wildman–Crippen LogP) is 4.22. The average Bonchev–Trinajstić information content (AvgIpc) is 2.98. The molecule has 0 aliphatic heterocycles. The summed E-state index contributed by atoms with van der Waals surface area (Å²) < 4.78 is 5.10. The molecule has 1 N–H and O–H groups in total. The maximum atomic E-state index is 5.10. The minimum atomic E-state index is 0.659. The first-order chi connectivity index (χ1) is 10.8. The van der Waals surface area contributed by atoms with Gasteiger partial charge < -0.3 is 9.72 Å². The van der Waals surface area contributed by atoms with Crippen molar-refractivity contribution in [2.24, 2.45) is 9.98 Å². The molecule has 0 saturated carbocycles. The summed E-state index contributed by atoms with van der Waals surface area (Å²) in [5.74, 6) is 0.815. The van der Waals surface area contributed by atoms with Gasteiger partial charge in [-0.05, 0) is 41.8 Å². The molecule has 2 aromatic carbocycles. The summed E-state index contributed by atoms with van der Waals surface area (Å²) in [4.78, 5) is 11.8. The van der Waals surface area contributed by atoms with Crippen LogP contribution in [0.4, 0.5) is 5.69 Å². The standard InChI is InChI=1S/C18H17N3O/c1-22-17-8-6-15(7-9-17)20-13-19-11-10-16-12-14-4-2-3-5-18(14)21-16/h2-9,12,21H,10-11H2,1H3. The number of aliphatic imine (C=N–C) groups is 2. The molecule has 0 aliphatic carbocycles. The van der Waals surface area contributed by atoms with Gasteiger partial charge in [0.2, 0.25) is 0 Å². The second kappa shape index (κ2) is 6.74. The number of benzene rings is 2. The van der Waals surface area contributed by atoms with Crippen molar-refractivity contribution >= 4 is 22.6 Å². The van der Waals surface area contributed by atoms with Crippen LogP contribution in [0.5, 0.6) is 5.75 Å². The van der Waals surface area contributed by atoms with Crippen LogP contribution in [0.15, 0.2) is 64.6 Å². The van der Waals surface area contributed by atoms with Crippen LogP contribution in [0.25, 0.3) is 10.9 Å². The van der Waals surface area contributed by atoms with Crippen molar-refractivity contribution in [3.05, 3.63) is 60.3 Å². The van der Waals surface area contributed by atoms with Crippen molar-refractivity contribution in [3.8, 4) is 5.75 Å². The number of ether oxygens (including phenoxy) is 1. The maximum absolute atomic E-state index is 5.10. The van der Waals surface area contributed by atoms with Crippen LogP contribution in [0.1, 0.15) is 5.69 Å². The quantitative estimate of drug-likeness (QED) is 0.703. The number of rotatable bonds is 5.